The van der Waals surface area contributed by atoms with Crippen molar-refractivity contribution >= 4 is 23.6 Å². The molecular formula is C22H20FN9O. The van der Waals surface area contributed by atoms with Crippen LogP contribution in [0.4, 0.5) is 16.4 Å². The number of anilines is 2. The molecule has 0 spiro atoms. The maximum Gasteiger partial charge on any atom is 0.318 e. The molecule has 0 atom stereocenters. The van der Waals surface area contributed by atoms with Crippen LogP contribution in [0.25, 0.3) is 23.1 Å². The third-order valence-electron chi connectivity index (χ3n) is 6.25. The Bertz CT molecular complexity index is 1340. The van der Waals surface area contributed by atoms with Crippen molar-refractivity contribution in [2.75, 3.05) is 23.7 Å². The summed E-state index contributed by atoms with van der Waals surface area (Å²) in [5, 5.41) is 18.4. The quantitative estimate of drug-likeness (QED) is 0.486. The Labute approximate surface area is 187 Å². The second kappa shape index (κ2) is 7.47. The maximum absolute atomic E-state index is 15.2. The molecule has 4 aromatic rings. The summed E-state index contributed by atoms with van der Waals surface area (Å²) in [6.45, 7) is 0.839. The fourth-order valence-corrected chi connectivity index (χ4v) is 4.42. The number of nitrogen functional groups attached to an aromatic ring is 1. The van der Waals surface area contributed by atoms with Crippen LogP contribution in [0.3, 0.4) is 0 Å². The second-order valence-corrected chi connectivity index (χ2v) is 8.25. The number of hydrogen-bond acceptors (Lipinski definition) is 9. The van der Waals surface area contributed by atoms with Gasteiger partial charge in [-0.1, -0.05) is 34.6 Å². The minimum absolute atomic E-state index is 0.175. The Balaban J connectivity index is 1.26. The van der Waals surface area contributed by atoms with Crippen LogP contribution in [0, 0.1) is 0 Å². The SMILES string of the molecule is Nc1ncc(-c2nnc(N3CCC(F)(c4cnn[nH]4)CC3)o2)c(C2=Cc3ccccc3C2)n1. The zero-order chi connectivity index (χ0) is 22.4. The Morgan fingerprint density at radius 2 is 1.97 bits per heavy atom. The van der Waals surface area contributed by atoms with Gasteiger partial charge in [0, 0.05) is 38.5 Å². The third kappa shape index (κ3) is 3.41. The van der Waals surface area contributed by atoms with Gasteiger partial charge in [0.1, 0.15) is 0 Å². The predicted octanol–water partition coefficient (Wildman–Crippen LogP) is 2.79. The number of fused-ring (bicyclic) bond motifs is 1. The first-order valence-electron chi connectivity index (χ1n) is 10.6. The molecule has 0 unspecified atom stereocenters. The standard InChI is InChI=1S/C22H20FN9O/c23-22(17-12-26-31-28-17)5-7-32(8-6-22)21-30-29-19(33-21)16-11-25-20(24)27-18(16)15-9-13-3-1-2-4-14(13)10-15/h1-4,9,11-12H,5-8,10H2,(H2,24,25,27)(H,26,28,31). The Kier molecular flexibility index (Phi) is 4.42. The summed E-state index contributed by atoms with van der Waals surface area (Å²) < 4.78 is 21.2. The summed E-state index contributed by atoms with van der Waals surface area (Å²) in [5.74, 6) is 0.473. The summed E-state index contributed by atoms with van der Waals surface area (Å²) in [4.78, 5) is 10.5. The zero-order valence-electron chi connectivity index (χ0n) is 17.6. The van der Waals surface area contributed by atoms with Crippen molar-refractivity contribution in [1.29, 1.82) is 0 Å². The molecule has 1 aliphatic heterocycles. The Morgan fingerprint density at radius 3 is 2.76 bits per heavy atom. The monoisotopic (exact) mass is 445 g/mol. The number of aromatic nitrogens is 7. The minimum Gasteiger partial charge on any atom is -0.403 e. The van der Waals surface area contributed by atoms with Crippen LogP contribution >= 0.6 is 0 Å². The van der Waals surface area contributed by atoms with Gasteiger partial charge in [0.05, 0.1) is 23.1 Å². The van der Waals surface area contributed by atoms with E-state index in [1.165, 1.54) is 11.8 Å². The van der Waals surface area contributed by atoms with Gasteiger partial charge in [-0.2, -0.15) is 0 Å². The Morgan fingerprint density at radius 1 is 1.12 bits per heavy atom. The highest BCUT2D eigenvalue weighted by Gasteiger charge is 2.39. The number of alkyl halides is 1. The van der Waals surface area contributed by atoms with Gasteiger partial charge in [-0.15, -0.1) is 10.2 Å². The van der Waals surface area contributed by atoms with E-state index in [1.54, 1.807) is 6.20 Å². The molecule has 11 heteroatoms. The highest BCUT2D eigenvalue weighted by Crippen LogP contribution is 2.38. The number of allylic oxidation sites excluding steroid dienone is 1. The van der Waals surface area contributed by atoms with E-state index in [1.807, 2.05) is 17.0 Å². The topological polar surface area (TPSA) is 136 Å². The van der Waals surface area contributed by atoms with E-state index in [0.29, 0.717) is 41.9 Å². The number of nitrogens with one attached hydrogen (secondary N) is 1. The van der Waals surface area contributed by atoms with Gasteiger partial charge in [-0.3, -0.25) is 5.10 Å². The largest absolute Gasteiger partial charge is 0.403 e. The van der Waals surface area contributed by atoms with E-state index < -0.39 is 5.67 Å². The number of nitrogens with zero attached hydrogens (tertiary/aromatic N) is 7. The first-order chi connectivity index (χ1) is 16.1. The number of aromatic amines is 1. The number of rotatable bonds is 4. The normalized spacial score (nSPS) is 17.1. The molecule has 6 rings (SSSR count). The molecule has 4 heterocycles. The van der Waals surface area contributed by atoms with Crippen LogP contribution in [0.2, 0.25) is 0 Å². The van der Waals surface area contributed by atoms with E-state index in [9.17, 15) is 0 Å². The molecule has 2 aliphatic rings. The van der Waals surface area contributed by atoms with Crippen LogP contribution in [0.1, 0.15) is 35.4 Å². The fourth-order valence-electron chi connectivity index (χ4n) is 4.42. The fraction of sp³-hybridized carbons (Fsp3) is 0.273. The summed E-state index contributed by atoms with van der Waals surface area (Å²) in [6, 6.07) is 8.52. The molecule has 166 valence electrons. The molecular weight excluding hydrogens is 425 g/mol. The van der Waals surface area contributed by atoms with E-state index in [0.717, 1.165) is 17.6 Å². The van der Waals surface area contributed by atoms with Gasteiger partial charge in [0.25, 0.3) is 5.89 Å². The van der Waals surface area contributed by atoms with Gasteiger partial charge in [0.2, 0.25) is 5.95 Å². The van der Waals surface area contributed by atoms with Gasteiger partial charge < -0.3 is 15.1 Å². The summed E-state index contributed by atoms with van der Waals surface area (Å²) >= 11 is 0. The van der Waals surface area contributed by atoms with Gasteiger partial charge in [0.15, 0.2) is 5.67 Å². The van der Waals surface area contributed by atoms with Gasteiger partial charge >= 0.3 is 6.01 Å². The average molecular weight is 445 g/mol. The Hall–Kier alpha value is -4.15. The van der Waals surface area contributed by atoms with Crippen LogP contribution in [0.5, 0.6) is 0 Å². The molecule has 0 radical (unpaired) electrons. The van der Waals surface area contributed by atoms with Crippen molar-refractivity contribution in [2.24, 2.45) is 0 Å². The number of nitrogens with two attached hydrogens (primary N) is 1. The lowest BCUT2D eigenvalue weighted by Crippen LogP contribution is -2.40. The van der Waals surface area contributed by atoms with Crippen molar-refractivity contribution in [3.05, 3.63) is 59.2 Å². The first-order valence-corrected chi connectivity index (χ1v) is 10.6. The van der Waals surface area contributed by atoms with E-state index in [4.69, 9.17) is 10.2 Å². The van der Waals surface area contributed by atoms with Crippen molar-refractivity contribution in [1.82, 2.24) is 35.6 Å². The van der Waals surface area contributed by atoms with Gasteiger partial charge in [-0.25, -0.2) is 14.4 Å². The minimum atomic E-state index is -1.50. The molecule has 0 amide bonds. The van der Waals surface area contributed by atoms with E-state index in [-0.39, 0.29) is 18.8 Å². The number of piperidine rings is 1. The molecule has 3 N–H and O–H groups in total. The molecule has 1 saturated heterocycles. The summed E-state index contributed by atoms with van der Waals surface area (Å²) in [7, 11) is 0. The first kappa shape index (κ1) is 19.5. The molecule has 1 aliphatic carbocycles. The van der Waals surface area contributed by atoms with Crippen molar-refractivity contribution in [3.8, 4) is 11.5 Å². The van der Waals surface area contributed by atoms with Crippen LogP contribution in [-0.4, -0.2) is 48.7 Å². The number of hydrogen-bond donors (Lipinski definition) is 2. The molecule has 0 saturated carbocycles. The van der Waals surface area contributed by atoms with Crippen LogP contribution in [0.15, 0.2) is 41.1 Å². The molecule has 10 nitrogen and oxygen atoms in total. The molecule has 1 aromatic carbocycles. The number of benzene rings is 1. The van der Waals surface area contributed by atoms with Crippen molar-refractivity contribution in [3.63, 3.8) is 0 Å². The average Bonchev–Trinajstić information content (AvgIpc) is 3.60. The zero-order valence-corrected chi connectivity index (χ0v) is 17.6. The highest BCUT2D eigenvalue weighted by atomic mass is 19.1. The number of halogens is 1. The lowest BCUT2D eigenvalue weighted by molar-refractivity contribution is 0.117. The summed E-state index contributed by atoms with van der Waals surface area (Å²) in [6.07, 6.45) is 6.37. The van der Waals surface area contributed by atoms with Crippen LogP contribution in [-0.2, 0) is 12.1 Å². The molecule has 33 heavy (non-hydrogen) atoms. The van der Waals surface area contributed by atoms with E-state index >= 15 is 4.39 Å². The maximum atomic E-state index is 15.2. The lowest BCUT2D eigenvalue weighted by Gasteiger charge is -2.34. The number of H-pyrrole nitrogens is 1. The predicted molar refractivity (Wildman–Crippen MR) is 118 cm³/mol. The second-order valence-electron chi connectivity index (χ2n) is 8.25. The molecule has 1 fully saturated rings. The highest BCUT2D eigenvalue weighted by molar-refractivity contribution is 5.91. The smallest absolute Gasteiger partial charge is 0.318 e. The summed E-state index contributed by atoms with van der Waals surface area (Å²) in [5.41, 5.74) is 9.45. The van der Waals surface area contributed by atoms with Crippen LogP contribution < -0.4 is 10.6 Å². The molecule has 3 aromatic heterocycles. The van der Waals surface area contributed by atoms with Gasteiger partial charge in [-0.05, 0) is 22.8 Å². The van der Waals surface area contributed by atoms with E-state index in [2.05, 4.69) is 53.8 Å². The lowest BCUT2D eigenvalue weighted by atomic mass is 9.91. The molecule has 0 bridgehead atoms. The van der Waals surface area contributed by atoms with Crippen molar-refractivity contribution < 1.29 is 8.81 Å². The third-order valence-corrected chi connectivity index (χ3v) is 6.25. The van der Waals surface area contributed by atoms with Crippen molar-refractivity contribution in [2.45, 2.75) is 24.9 Å².